The van der Waals surface area contributed by atoms with Crippen LogP contribution in [0.15, 0.2) is 11.4 Å². The minimum absolute atomic E-state index is 0.466. The molecule has 0 amide bonds. The molecule has 1 fully saturated rings. The van der Waals surface area contributed by atoms with Gasteiger partial charge in [-0.15, -0.1) is 11.3 Å². The largest absolute Gasteiger partial charge is 0.309 e. The maximum absolute atomic E-state index is 6.35. The first-order valence-electron chi connectivity index (χ1n) is 7.24. The van der Waals surface area contributed by atoms with Crippen LogP contribution >= 0.6 is 22.9 Å². The van der Waals surface area contributed by atoms with E-state index in [0.717, 1.165) is 23.4 Å². The van der Waals surface area contributed by atoms with Crippen LogP contribution in [0.4, 0.5) is 0 Å². The molecule has 2 rings (SSSR count). The lowest BCUT2D eigenvalue weighted by atomic mass is 9.73. The Bertz CT molecular complexity index is 363. The Morgan fingerprint density at radius 3 is 2.78 bits per heavy atom. The monoisotopic (exact) mass is 285 g/mol. The van der Waals surface area contributed by atoms with E-state index in [-0.39, 0.29) is 0 Å². The molecule has 3 atom stereocenters. The molecule has 1 aromatic rings. The predicted octanol–water partition coefficient (Wildman–Crippen LogP) is 5.27. The van der Waals surface area contributed by atoms with E-state index >= 15 is 0 Å². The molecule has 0 spiro atoms. The van der Waals surface area contributed by atoms with Crippen molar-refractivity contribution in [2.75, 3.05) is 6.54 Å². The van der Waals surface area contributed by atoms with Crippen LogP contribution in [0.5, 0.6) is 0 Å². The van der Waals surface area contributed by atoms with Crippen molar-refractivity contribution >= 4 is 22.9 Å². The van der Waals surface area contributed by atoms with Crippen LogP contribution < -0.4 is 5.32 Å². The molecule has 1 saturated carbocycles. The van der Waals surface area contributed by atoms with E-state index < -0.39 is 0 Å². The van der Waals surface area contributed by atoms with Gasteiger partial charge >= 0.3 is 0 Å². The molecule has 1 nitrogen and oxygen atoms in total. The van der Waals surface area contributed by atoms with Gasteiger partial charge in [0.15, 0.2) is 0 Å². The SMILES string of the molecule is CCNC(c1sccc1Cl)C1CCCCC1CC. The van der Waals surface area contributed by atoms with Crippen molar-refractivity contribution in [1.29, 1.82) is 0 Å². The van der Waals surface area contributed by atoms with Gasteiger partial charge in [-0.3, -0.25) is 0 Å². The van der Waals surface area contributed by atoms with E-state index in [1.807, 2.05) is 17.4 Å². The Morgan fingerprint density at radius 1 is 1.39 bits per heavy atom. The van der Waals surface area contributed by atoms with Crippen molar-refractivity contribution in [3.63, 3.8) is 0 Å². The number of nitrogens with one attached hydrogen (secondary N) is 1. The highest BCUT2D eigenvalue weighted by Gasteiger charge is 2.32. The lowest BCUT2D eigenvalue weighted by Gasteiger charge is -2.37. The van der Waals surface area contributed by atoms with Crippen LogP contribution in [0.25, 0.3) is 0 Å². The summed E-state index contributed by atoms with van der Waals surface area (Å²) in [5.74, 6) is 1.63. The third-order valence-corrected chi connectivity index (χ3v) is 5.71. The quantitative estimate of drug-likeness (QED) is 0.777. The highest BCUT2D eigenvalue weighted by molar-refractivity contribution is 7.10. The van der Waals surface area contributed by atoms with Crippen LogP contribution in [-0.4, -0.2) is 6.54 Å². The Morgan fingerprint density at radius 2 is 2.17 bits per heavy atom. The van der Waals surface area contributed by atoms with Crippen molar-refractivity contribution in [1.82, 2.24) is 5.32 Å². The predicted molar refractivity (Wildman–Crippen MR) is 81.5 cm³/mol. The van der Waals surface area contributed by atoms with E-state index in [4.69, 9.17) is 11.6 Å². The van der Waals surface area contributed by atoms with Crippen LogP contribution in [0, 0.1) is 11.8 Å². The molecular weight excluding hydrogens is 262 g/mol. The van der Waals surface area contributed by atoms with Gasteiger partial charge in [0, 0.05) is 10.9 Å². The topological polar surface area (TPSA) is 12.0 Å². The molecule has 0 bridgehead atoms. The second kappa shape index (κ2) is 6.93. The maximum atomic E-state index is 6.35. The second-order valence-electron chi connectivity index (χ2n) is 5.28. The summed E-state index contributed by atoms with van der Waals surface area (Å²) in [5, 5.41) is 6.75. The van der Waals surface area contributed by atoms with E-state index in [2.05, 4.69) is 24.5 Å². The van der Waals surface area contributed by atoms with Gasteiger partial charge in [-0.05, 0) is 36.2 Å². The minimum atomic E-state index is 0.466. The second-order valence-corrected chi connectivity index (χ2v) is 6.64. The van der Waals surface area contributed by atoms with Gasteiger partial charge in [0.05, 0.1) is 5.02 Å². The average Bonchev–Trinajstić information content (AvgIpc) is 2.82. The summed E-state index contributed by atoms with van der Waals surface area (Å²) in [6, 6.07) is 2.50. The van der Waals surface area contributed by atoms with Gasteiger partial charge in [0.2, 0.25) is 0 Å². The molecule has 1 aliphatic carbocycles. The summed E-state index contributed by atoms with van der Waals surface area (Å²) in [6.45, 7) is 5.55. The first-order chi connectivity index (χ1) is 8.77. The average molecular weight is 286 g/mol. The van der Waals surface area contributed by atoms with E-state index in [9.17, 15) is 0 Å². The molecular formula is C15H24ClNS. The van der Waals surface area contributed by atoms with Gasteiger partial charge in [0.1, 0.15) is 0 Å². The lowest BCUT2D eigenvalue weighted by molar-refractivity contribution is 0.178. The van der Waals surface area contributed by atoms with Crippen LogP contribution in [0.2, 0.25) is 5.02 Å². The standard InChI is InChI=1S/C15H24ClNS/c1-3-11-7-5-6-8-12(11)14(17-4-2)15-13(16)9-10-18-15/h9-12,14,17H,3-8H2,1-2H3. The molecule has 1 heterocycles. The van der Waals surface area contributed by atoms with Crippen molar-refractivity contribution in [3.8, 4) is 0 Å². The first kappa shape index (κ1) is 14.4. The highest BCUT2D eigenvalue weighted by Crippen LogP contribution is 2.43. The first-order valence-corrected chi connectivity index (χ1v) is 8.49. The number of hydrogen-bond acceptors (Lipinski definition) is 2. The Labute approximate surface area is 120 Å². The summed E-state index contributed by atoms with van der Waals surface area (Å²) in [6.07, 6.45) is 6.84. The molecule has 18 heavy (non-hydrogen) atoms. The van der Waals surface area contributed by atoms with Gasteiger partial charge in [-0.1, -0.05) is 51.1 Å². The number of hydrogen-bond donors (Lipinski definition) is 1. The van der Waals surface area contributed by atoms with Crippen LogP contribution in [0.3, 0.4) is 0 Å². The molecule has 0 aromatic carbocycles. The van der Waals surface area contributed by atoms with Gasteiger partial charge < -0.3 is 5.32 Å². The Balaban J connectivity index is 2.20. The van der Waals surface area contributed by atoms with Crippen LogP contribution in [0.1, 0.15) is 56.9 Å². The molecule has 102 valence electrons. The van der Waals surface area contributed by atoms with Crippen molar-refractivity contribution in [2.45, 2.75) is 52.0 Å². The molecule has 0 radical (unpaired) electrons. The third-order valence-electron chi connectivity index (χ3n) is 4.27. The third kappa shape index (κ3) is 3.09. The fourth-order valence-electron chi connectivity index (χ4n) is 3.37. The summed E-state index contributed by atoms with van der Waals surface area (Å²) in [5.41, 5.74) is 0. The number of rotatable bonds is 5. The number of thiophene rings is 1. The normalized spacial score (nSPS) is 26.2. The number of halogens is 1. The highest BCUT2D eigenvalue weighted by atomic mass is 35.5. The molecule has 0 aliphatic heterocycles. The van der Waals surface area contributed by atoms with E-state index in [1.165, 1.54) is 37.0 Å². The van der Waals surface area contributed by atoms with Crippen molar-refractivity contribution in [3.05, 3.63) is 21.3 Å². The zero-order chi connectivity index (χ0) is 13.0. The van der Waals surface area contributed by atoms with Gasteiger partial charge in [-0.2, -0.15) is 0 Å². The zero-order valence-corrected chi connectivity index (χ0v) is 13.0. The lowest BCUT2D eigenvalue weighted by Crippen LogP contribution is -2.34. The smallest absolute Gasteiger partial charge is 0.0561 e. The molecule has 1 aromatic heterocycles. The van der Waals surface area contributed by atoms with Gasteiger partial charge in [-0.25, -0.2) is 0 Å². The van der Waals surface area contributed by atoms with E-state index in [1.54, 1.807) is 0 Å². The molecule has 1 aliphatic rings. The van der Waals surface area contributed by atoms with Crippen molar-refractivity contribution < 1.29 is 0 Å². The van der Waals surface area contributed by atoms with Gasteiger partial charge in [0.25, 0.3) is 0 Å². The van der Waals surface area contributed by atoms with Crippen LogP contribution in [-0.2, 0) is 0 Å². The summed E-state index contributed by atoms with van der Waals surface area (Å²) < 4.78 is 0. The molecule has 0 saturated heterocycles. The fraction of sp³-hybridized carbons (Fsp3) is 0.733. The Hall–Kier alpha value is -0.0500. The molecule has 1 N–H and O–H groups in total. The Kier molecular flexibility index (Phi) is 5.53. The van der Waals surface area contributed by atoms with E-state index in [0.29, 0.717) is 6.04 Å². The van der Waals surface area contributed by atoms with Crippen molar-refractivity contribution in [2.24, 2.45) is 11.8 Å². The molecule has 3 unspecified atom stereocenters. The maximum Gasteiger partial charge on any atom is 0.0561 e. The molecule has 3 heteroatoms. The summed E-state index contributed by atoms with van der Waals surface area (Å²) in [4.78, 5) is 1.35. The minimum Gasteiger partial charge on any atom is -0.309 e. The summed E-state index contributed by atoms with van der Waals surface area (Å²) >= 11 is 8.16. The fourth-order valence-corrected chi connectivity index (χ4v) is 4.69. The zero-order valence-electron chi connectivity index (χ0n) is 11.4. The summed E-state index contributed by atoms with van der Waals surface area (Å²) in [7, 11) is 0.